The minimum atomic E-state index is -0.0827. The van der Waals surface area contributed by atoms with Gasteiger partial charge in [0.1, 0.15) is 11.2 Å². The molecule has 10 rings (SSSR count). The van der Waals surface area contributed by atoms with E-state index in [1.165, 1.54) is 127 Å². The maximum Gasteiger partial charge on any atom is 0.136 e. The number of rotatable bonds is 3. The lowest BCUT2D eigenvalue weighted by atomic mass is 9.76. The van der Waals surface area contributed by atoms with Gasteiger partial charge in [-0.05, 0) is 189 Å². The fourth-order valence-electron chi connectivity index (χ4n) is 10.6. The van der Waals surface area contributed by atoms with E-state index in [1.807, 2.05) is 0 Å². The first-order chi connectivity index (χ1) is 26.9. The molecule has 1 heteroatoms. The number of hydrogen-bond acceptors (Lipinski definition) is 1. The van der Waals surface area contributed by atoms with Crippen molar-refractivity contribution in [2.45, 2.75) is 74.7 Å². The third-order valence-electron chi connectivity index (χ3n) is 14.1. The van der Waals surface area contributed by atoms with Gasteiger partial charge < -0.3 is 4.42 Å². The summed E-state index contributed by atoms with van der Waals surface area (Å²) in [5.74, 6) is 0. The van der Waals surface area contributed by atoms with Gasteiger partial charge in [0.25, 0.3) is 0 Å². The van der Waals surface area contributed by atoms with Crippen LogP contribution in [0.5, 0.6) is 0 Å². The quantitative estimate of drug-likeness (QED) is 0.165. The number of benzene rings is 8. The Morgan fingerprint density at radius 3 is 1.46 bits per heavy atom. The van der Waals surface area contributed by atoms with Crippen molar-refractivity contribution < 1.29 is 4.42 Å². The summed E-state index contributed by atoms with van der Waals surface area (Å²) in [6.07, 6.45) is 0. The van der Waals surface area contributed by atoms with Gasteiger partial charge in [0.15, 0.2) is 0 Å². The fourth-order valence-corrected chi connectivity index (χ4v) is 10.6. The van der Waals surface area contributed by atoms with Gasteiger partial charge in [-0.1, -0.05) is 111 Å². The Hall–Kier alpha value is -5.92. The van der Waals surface area contributed by atoms with E-state index in [2.05, 4.69) is 178 Å². The lowest BCUT2D eigenvalue weighted by molar-refractivity contribution is 0.662. The molecule has 0 radical (unpaired) electrons. The highest BCUT2D eigenvalue weighted by molar-refractivity contribution is 6.28. The van der Waals surface area contributed by atoms with Gasteiger partial charge in [-0.15, -0.1) is 0 Å². The summed E-state index contributed by atoms with van der Waals surface area (Å²) in [5, 5.41) is 7.76. The van der Waals surface area contributed by atoms with Gasteiger partial charge in [0.2, 0.25) is 0 Å². The zero-order valence-electron chi connectivity index (χ0n) is 34.3. The molecule has 0 amide bonds. The number of aryl methyl sites for hydroxylation is 4. The second-order valence-electron chi connectivity index (χ2n) is 17.0. The van der Waals surface area contributed by atoms with Crippen LogP contribution in [0.4, 0.5) is 0 Å². The number of para-hydroxylation sites is 1. The highest BCUT2D eigenvalue weighted by Crippen LogP contribution is 2.54. The molecule has 0 unspecified atom stereocenters. The van der Waals surface area contributed by atoms with Crippen molar-refractivity contribution >= 4 is 43.5 Å². The molecular weight excluding hydrogens is 677 g/mol. The van der Waals surface area contributed by atoms with Crippen LogP contribution in [-0.2, 0) is 5.41 Å². The van der Waals surface area contributed by atoms with Gasteiger partial charge in [-0.25, -0.2) is 0 Å². The molecule has 1 aliphatic rings. The van der Waals surface area contributed by atoms with Crippen molar-refractivity contribution in [2.24, 2.45) is 0 Å². The average Bonchev–Trinajstić information content (AvgIpc) is 3.72. The SMILES string of the molecule is Cc1c(C)c(C)c2c(-c3cccc4oc5ccccc5c34)c3c(C)c(C)c(C)c(C)c3c(-c3ccc(-c4cccc5c4C(C)(C)c4ccccc4-5)cc3)c2c1C. The lowest BCUT2D eigenvalue weighted by Crippen LogP contribution is -2.16. The molecule has 0 fully saturated rings. The minimum Gasteiger partial charge on any atom is -0.456 e. The van der Waals surface area contributed by atoms with Crippen LogP contribution < -0.4 is 0 Å². The first-order valence-electron chi connectivity index (χ1n) is 20.1. The third kappa shape index (κ3) is 4.49. The molecule has 0 bridgehead atoms. The molecule has 0 saturated carbocycles. The van der Waals surface area contributed by atoms with Crippen LogP contribution >= 0.6 is 0 Å². The van der Waals surface area contributed by atoms with Crippen LogP contribution in [0.3, 0.4) is 0 Å². The molecule has 1 aliphatic carbocycles. The molecule has 0 saturated heterocycles. The van der Waals surface area contributed by atoms with E-state index in [0.29, 0.717) is 0 Å². The molecule has 9 aromatic rings. The van der Waals surface area contributed by atoms with Crippen molar-refractivity contribution in [1.29, 1.82) is 0 Å². The van der Waals surface area contributed by atoms with E-state index in [9.17, 15) is 0 Å². The summed E-state index contributed by atoms with van der Waals surface area (Å²) in [4.78, 5) is 0. The number of furan rings is 1. The van der Waals surface area contributed by atoms with Crippen LogP contribution in [0.15, 0.2) is 114 Å². The summed E-state index contributed by atoms with van der Waals surface area (Å²) in [5.41, 5.74) is 25.9. The third-order valence-corrected chi connectivity index (χ3v) is 14.1. The summed E-state index contributed by atoms with van der Waals surface area (Å²) >= 11 is 0. The summed E-state index contributed by atoms with van der Waals surface area (Å²) in [6, 6.07) is 40.5. The molecule has 274 valence electrons. The van der Waals surface area contributed by atoms with Crippen molar-refractivity contribution in [3.05, 3.63) is 165 Å². The summed E-state index contributed by atoms with van der Waals surface area (Å²) in [6.45, 7) is 23.4. The molecule has 0 N–H and O–H groups in total. The molecule has 0 aliphatic heterocycles. The van der Waals surface area contributed by atoms with Crippen LogP contribution in [-0.4, -0.2) is 0 Å². The second-order valence-corrected chi connectivity index (χ2v) is 17.0. The van der Waals surface area contributed by atoms with E-state index in [4.69, 9.17) is 4.42 Å². The molecule has 1 nitrogen and oxygen atoms in total. The van der Waals surface area contributed by atoms with E-state index in [0.717, 1.165) is 16.6 Å². The topological polar surface area (TPSA) is 13.1 Å². The Bertz CT molecular complexity index is 3080. The Morgan fingerprint density at radius 2 is 0.821 bits per heavy atom. The van der Waals surface area contributed by atoms with Crippen LogP contribution in [0.1, 0.15) is 69.5 Å². The highest BCUT2D eigenvalue weighted by atomic mass is 16.3. The lowest BCUT2D eigenvalue weighted by Gasteiger charge is -2.27. The fraction of sp³-hybridized carbons (Fsp3) is 0.200. The van der Waals surface area contributed by atoms with Gasteiger partial charge in [0, 0.05) is 16.2 Å². The van der Waals surface area contributed by atoms with Gasteiger partial charge in [0.05, 0.1) is 0 Å². The molecule has 1 heterocycles. The van der Waals surface area contributed by atoms with E-state index >= 15 is 0 Å². The first-order valence-corrected chi connectivity index (χ1v) is 20.1. The van der Waals surface area contributed by atoms with E-state index < -0.39 is 0 Å². The highest BCUT2D eigenvalue weighted by Gasteiger charge is 2.37. The Balaban J connectivity index is 1.33. The van der Waals surface area contributed by atoms with Gasteiger partial charge in [-0.3, -0.25) is 0 Å². The maximum atomic E-state index is 6.53. The zero-order valence-corrected chi connectivity index (χ0v) is 34.3. The van der Waals surface area contributed by atoms with E-state index in [-0.39, 0.29) is 5.41 Å². The average molecular weight is 725 g/mol. The smallest absolute Gasteiger partial charge is 0.136 e. The molecule has 56 heavy (non-hydrogen) atoms. The van der Waals surface area contributed by atoms with Gasteiger partial charge in [-0.2, -0.15) is 0 Å². The normalized spacial score (nSPS) is 13.3. The molecule has 0 atom stereocenters. The first kappa shape index (κ1) is 34.6. The van der Waals surface area contributed by atoms with E-state index in [1.54, 1.807) is 0 Å². The number of fused-ring (bicyclic) bond motifs is 8. The van der Waals surface area contributed by atoms with Crippen molar-refractivity contribution in [1.82, 2.24) is 0 Å². The van der Waals surface area contributed by atoms with Gasteiger partial charge >= 0.3 is 0 Å². The largest absolute Gasteiger partial charge is 0.456 e. The second kappa shape index (κ2) is 12.0. The predicted molar refractivity (Wildman–Crippen MR) is 240 cm³/mol. The summed E-state index contributed by atoms with van der Waals surface area (Å²) < 4.78 is 6.53. The molecule has 1 aromatic heterocycles. The molecule has 8 aromatic carbocycles. The Morgan fingerprint density at radius 1 is 0.357 bits per heavy atom. The Kier molecular flexibility index (Phi) is 7.43. The number of hydrogen-bond donors (Lipinski definition) is 0. The monoisotopic (exact) mass is 724 g/mol. The predicted octanol–water partition coefficient (Wildman–Crippen LogP) is 15.7. The van der Waals surface area contributed by atoms with Crippen LogP contribution in [0, 0.1) is 55.4 Å². The summed E-state index contributed by atoms with van der Waals surface area (Å²) in [7, 11) is 0. The standard InChI is InChI=1S/C55H48O/c1-29-31(3)35(7)49-47(33(29)5)51(38-27-25-37(26-28-38)39-19-15-20-41-40-17-11-13-22-44(40)55(9,10)54(39)41)48-34(6)30(2)32(4)36(8)50(48)53(49)43-21-16-24-46-52(43)42-18-12-14-23-45(42)56-46/h11-28H,1-10H3. The van der Waals surface area contributed by atoms with Crippen molar-refractivity contribution in [2.75, 3.05) is 0 Å². The Labute approximate surface area is 330 Å². The van der Waals surface area contributed by atoms with Crippen LogP contribution in [0.25, 0.3) is 88.0 Å². The van der Waals surface area contributed by atoms with Crippen LogP contribution in [0.2, 0.25) is 0 Å². The molecule has 0 spiro atoms. The van der Waals surface area contributed by atoms with Crippen molar-refractivity contribution in [3.8, 4) is 44.5 Å². The maximum absolute atomic E-state index is 6.53. The molecular formula is C55H48O. The zero-order chi connectivity index (χ0) is 38.9. The van der Waals surface area contributed by atoms with Crippen molar-refractivity contribution in [3.63, 3.8) is 0 Å². The minimum absolute atomic E-state index is 0.0827.